The third kappa shape index (κ3) is 3.46. The molecule has 0 N–H and O–H groups in total. The molecule has 4 rings (SSSR count). The fourth-order valence-electron chi connectivity index (χ4n) is 3.58. The van der Waals surface area contributed by atoms with Crippen molar-refractivity contribution in [1.82, 2.24) is 0 Å². The zero-order chi connectivity index (χ0) is 18.1. The van der Waals surface area contributed by atoms with Gasteiger partial charge in [-0.15, -0.1) is 0 Å². The van der Waals surface area contributed by atoms with Gasteiger partial charge in [0.1, 0.15) is 5.92 Å². The van der Waals surface area contributed by atoms with E-state index in [-0.39, 0.29) is 35.3 Å². The van der Waals surface area contributed by atoms with Crippen molar-refractivity contribution in [2.45, 2.75) is 5.92 Å². The zero-order valence-electron chi connectivity index (χ0n) is 15.0. The molecule has 4 heteroatoms. The quantitative estimate of drug-likeness (QED) is 0.525. The van der Waals surface area contributed by atoms with Crippen LogP contribution in [0.1, 0.15) is 37.8 Å². The van der Waals surface area contributed by atoms with Crippen LogP contribution in [0.15, 0.2) is 84.9 Å². The minimum atomic E-state index is -1.27. The SMILES string of the molecule is O=C1c2ccccc2C(=O)C1C(=O)C(c1ccccc1)c1ccccc1.[Na]. The maximum absolute atomic E-state index is 13.4. The second kappa shape index (κ2) is 8.13. The molecule has 3 aromatic carbocycles. The molecule has 1 aliphatic rings. The Hall–Kier alpha value is -2.33. The minimum absolute atomic E-state index is 0. The van der Waals surface area contributed by atoms with Crippen LogP contribution in [0, 0.1) is 5.92 Å². The fraction of sp³-hybridized carbons (Fsp3) is 0.0870. The Morgan fingerprint density at radius 3 is 1.41 bits per heavy atom. The van der Waals surface area contributed by atoms with Gasteiger partial charge in [-0.3, -0.25) is 14.4 Å². The third-order valence-electron chi connectivity index (χ3n) is 4.82. The van der Waals surface area contributed by atoms with Crippen molar-refractivity contribution in [3.8, 4) is 0 Å². The van der Waals surface area contributed by atoms with Gasteiger partial charge in [-0.05, 0) is 11.1 Å². The van der Waals surface area contributed by atoms with Crippen molar-refractivity contribution >= 4 is 46.9 Å². The first-order valence-electron chi connectivity index (χ1n) is 8.49. The number of rotatable bonds is 4. The van der Waals surface area contributed by atoms with Crippen LogP contribution >= 0.6 is 0 Å². The van der Waals surface area contributed by atoms with Crippen LogP contribution in [-0.4, -0.2) is 46.9 Å². The maximum atomic E-state index is 13.4. The van der Waals surface area contributed by atoms with Gasteiger partial charge in [-0.25, -0.2) is 0 Å². The number of ketones is 3. The summed E-state index contributed by atoms with van der Waals surface area (Å²) in [5.74, 6) is -3.07. The van der Waals surface area contributed by atoms with E-state index in [1.165, 1.54) is 0 Å². The summed E-state index contributed by atoms with van der Waals surface area (Å²) in [7, 11) is 0. The molecule has 1 aliphatic carbocycles. The molecule has 0 amide bonds. The van der Waals surface area contributed by atoms with Gasteiger partial charge >= 0.3 is 0 Å². The van der Waals surface area contributed by atoms with Crippen LogP contribution in [-0.2, 0) is 4.79 Å². The third-order valence-corrected chi connectivity index (χ3v) is 4.82. The number of carbonyl (C=O) groups excluding carboxylic acids is 3. The summed E-state index contributed by atoms with van der Waals surface area (Å²) in [5.41, 5.74) is 2.24. The van der Waals surface area contributed by atoms with E-state index in [0.717, 1.165) is 11.1 Å². The molecule has 0 bridgehead atoms. The van der Waals surface area contributed by atoms with E-state index < -0.39 is 23.4 Å². The van der Waals surface area contributed by atoms with Gasteiger partial charge in [0.25, 0.3) is 0 Å². The molecule has 0 fully saturated rings. The second-order valence-electron chi connectivity index (χ2n) is 6.36. The number of fused-ring (bicyclic) bond motifs is 1. The zero-order valence-corrected chi connectivity index (χ0v) is 17.0. The number of benzene rings is 3. The fourth-order valence-corrected chi connectivity index (χ4v) is 3.58. The Balaban J connectivity index is 0.00000210. The molecule has 0 heterocycles. The van der Waals surface area contributed by atoms with Crippen molar-refractivity contribution in [1.29, 1.82) is 0 Å². The maximum Gasteiger partial charge on any atom is 0.181 e. The van der Waals surface area contributed by atoms with Gasteiger partial charge in [-0.2, -0.15) is 0 Å². The van der Waals surface area contributed by atoms with Crippen molar-refractivity contribution < 1.29 is 14.4 Å². The average Bonchev–Trinajstić information content (AvgIpc) is 2.95. The van der Waals surface area contributed by atoms with Gasteiger partial charge in [-0.1, -0.05) is 84.9 Å². The second-order valence-corrected chi connectivity index (χ2v) is 6.36. The molecule has 127 valence electrons. The molecule has 0 aliphatic heterocycles. The van der Waals surface area contributed by atoms with Crippen LogP contribution in [0.3, 0.4) is 0 Å². The van der Waals surface area contributed by atoms with Gasteiger partial charge in [0.05, 0.1) is 5.92 Å². The Morgan fingerprint density at radius 2 is 1.00 bits per heavy atom. The van der Waals surface area contributed by atoms with Gasteiger partial charge in [0.2, 0.25) is 0 Å². The van der Waals surface area contributed by atoms with E-state index in [9.17, 15) is 14.4 Å². The van der Waals surface area contributed by atoms with Crippen LogP contribution in [0.25, 0.3) is 0 Å². The minimum Gasteiger partial charge on any atom is -0.297 e. The Morgan fingerprint density at radius 1 is 0.630 bits per heavy atom. The van der Waals surface area contributed by atoms with E-state index in [4.69, 9.17) is 0 Å². The molecule has 0 spiro atoms. The Bertz CT molecular complexity index is 922. The largest absolute Gasteiger partial charge is 0.297 e. The molecule has 0 unspecified atom stereocenters. The molecule has 0 aromatic heterocycles. The molecule has 3 aromatic rings. The molecule has 0 saturated heterocycles. The smallest absolute Gasteiger partial charge is 0.181 e. The molecule has 0 saturated carbocycles. The van der Waals surface area contributed by atoms with E-state index >= 15 is 0 Å². The van der Waals surface area contributed by atoms with Crippen molar-refractivity contribution in [3.63, 3.8) is 0 Å². The van der Waals surface area contributed by atoms with Crippen molar-refractivity contribution in [3.05, 3.63) is 107 Å². The summed E-state index contributed by atoms with van der Waals surface area (Å²) in [6, 6.07) is 25.2. The van der Waals surface area contributed by atoms with Crippen LogP contribution in [0.4, 0.5) is 0 Å². The summed E-state index contributed by atoms with van der Waals surface area (Å²) < 4.78 is 0. The van der Waals surface area contributed by atoms with E-state index in [0.29, 0.717) is 11.1 Å². The summed E-state index contributed by atoms with van der Waals surface area (Å²) in [5, 5.41) is 0. The summed E-state index contributed by atoms with van der Waals surface area (Å²) in [6.45, 7) is 0. The molecule has 0 atom stereocenters. The predicted octanol–water partition coefficient (Wildman–Crippen LogP) is 3.70. The van der Waals surface area contributed by atoms with Crippen LogP contribution in [0.5, 0.6) is 0 Å². The first kappa shape index (κ1) is 19.4. The predicted molar refractivity (Wildman–Crippen MR) is 104 cm³/mol. The topological polar surface area (TPSA) is 51.2 Å². The number of hydrogen-bond donors (Lipinski definition) is 0. The molecular formula is C23H16NaO3. The van der Waals surface area contributed by atoms with Gasteiger partial charge < -0.3 is 0 Å². The average molecular weight is 363 g/mol. The van der Waals surface area contributed by atoms with Crippen molar-refractivity contribution in [2.24, 2.45) is 5.92 Å². The first-order chi connectivity index (χ1) is 12.7. The van der Waals surface area contributed by atoms with Crippen LogP contribution in [0.2, 0.25) is 0 Å². The monoisotopic (exact) mass is 363 g/mol. The first-order valence-corrected chi connectivity index (χ1v) is 8.49. The van der Waals surface area contributed by atoms with Crippen LogP contribution < -0.4 is 0 Å². The van der Waals surface area contributed by atoms with E-state index in [2.05, 4.69) is 0 Å². The van der Waals surface area contributed by atoms with Gasteiger partial charge in [0.15, 0.2) is 17.3 Å². The molecule has 3 nitrogen and oxygen atoms in total. The van der Waals surface area contributed by atoms with E-state index in [1.54, 1.807) is 24.3 Å². The normalized spacial score (nSPS) is 13.4. The standard InChI is InChI=1S/C23H16O3.Na/c24-21-17-13-7-8-14-18(17)22(25)20(21)23(26)19(15-9-3-1-4-10-15)16-11-5-2-6-12-16;/h1-14,19-20H;. The Labute approximate surface area is 179 Å². The van der Waals surface area contributed by atoms with E-state index in [1.807, 2.05) is 60.7 Å². The number of hydrogen-bond acceptors (Lipinski definition) is 3. The number of Topliss-reactive ketones (excluding diaryl/α,β-unsaturated/α-hetero) is 3. The summed E-state index contributed by atoms with van der Waals surface area (Å²) in [4.78, 5) is 38.9. The van der Waals surface area contributed by atoms with Crippen molar-refractivity contribution in [2.75, 3.05) is 0 Å². The molecule has 1 radical (unpaired) electrons. The molecular weight excluding hydrogens is 347 g/mol. The number of carbonyl (C=O) groups is 3. The summed E-state index contributed by atoms with van der Waals surface area (Å²) in [6.07, 6.45) is 0. The Kier molecular flexibility index (Phi) is 5.85. The van der Waals surface area contributed by atoms with Gasteiger partial charge in [0, 0.05) is 40.7 Å². The summed E-state index contributed by atoms with van der Waals surface area (Å²) >= 11 is 0. The molecule has 27 heavy (non-hydrogen) atoms.